The molecule has 2 rings (SSSR count). The molecule has 4 heteroatoms. The van der Waals surface area contributed by atoms with Gasteiger partial charge in [0.1, 0.15) is 0 Å². The van der Waals surface area contributed by atoms with Crippen molar-refractivity contribution >= 4 is 16.9 Å². The topological polar surface area (TPSA) is 63.0 Å². The smallest absolute Gasteiger partial charge is 0.327 e. The largest absolute Gasteiger partial charge is 0.465 e. The molecule has 0 aliphatic heterocycles. The first-order valence-corrected chi connectivity index (χ1v) is 5.67. The molecule has 1 heterocycles. The van der Waals surface area contributed by atoms with Crippen LogP contribution >= 0.6 is 0 Å². The second-order valence-electron chi connectivity index (χ2n) is 3.73. The van der Waals surface area contributed by atoms with Crippen molar-refractivity contribution in [1.29, 1.82) is 5.26 Å². The molecule has 0 amide bonds. The highest BCUT2D eigenvalue weighted by Gasteiger charge is 2.23. The number of rotatable bonds is 3. The average Bonchev–Trinajstić information content (AvgIpc) is 2.40. The van der Waals surface area contributed by atoms with Crippen LogP contribution in [0.2, 0.25) is 0 Å². The fraction of sp³-hybridized carbons (Fsp3) is 0.214. The van der Waals surface area contributed by atoms with E-state index in [2.05, 4.69) is 4.98 Å². The van der Waals surface area contributed by atoms with Gasteiger partial charge in [0.05, 0.1) is 18.2 Å². The molecule has 2 aromatic rings. The number of aromatic nitrogens is 1. The first kappa shape index (κ1) is 12.1. The van der Waals surface area contributed by atoms with Crippen molar-refractivity contribution in [3.63, 3.8) is 0 Å². The molecule has 90 valence electrons. The second kappa shape index (κ2) is 5.28. The molecule has 0 N–H and O–H groups in total. The maximum Gasteiger partial charge on any atom is 0.327 e. The monoisotopic (exact) mass is 240 g/mol. The SMILES string of the molecule is CCOC(=O)C(C#N)c1ccnc2ccccc12. The summed E-state index contributed by atoms with van der Waals surface area (Å²) in [6, 6.07) is 11.1. The van der Waals surface area contributed by atoms with E-state index in [9.17, 15) is 4.79 Å². The molecule has 0 spiro atoms. The quantitative estimate of drug-likeness (QED) is 0.773. The molecule has 1 atom stereocenters. The lowest BCUT2D eigenvalue weighted by atomic mass is 9.97. The number of carbonyl (C=O) groups excluding carboxylic acids is 1. The van der Waals surface area contributed by atoms with Gasteiger partial charge in [-0.3, -0.25) is 9.78 Å². The minimum Gasteiger partial charge on any atom is -0.465 e. The van der Waals surface area contributed by atoms with E-state index in [0.29, 0.717) is 5.56 Å². The zero-order valence-electron chi connectivity index (χ0n) is 9.96. The average molecular weight is 240 g/mol. The van der Waals surface area contributed by atoms with Crippen molar-refractivity contribution in [2.75, 3.05) is 6.61 Å². The fourth-order valence-corrected chi connectivity index (χ4v) is 1.84. The fourth-order valence-electron chi connectivity index (χ4n) is 1.84. The van der Waals surface area contributed by atoms with Gasteiger partial charge in [-0.05, 0) is 24.6 Å². The van der Waals surface area contributed by atoms with Gasteiger partial charge < -0.3 is 4.74 Å². The third kappa shape index (κ3) is 2.16. The Hall–Kier alpha value is -2.41. The Morgan fingerprint density at radius 1 is 1.44 bits per heavy atom. The predicted molar refractivity (Wildman–Crippen MR) is 66.7 cm³/mol. The highest BCUT2D eigenvalue weighted by Crippen LogP contribution is 2.24. The predicted octanol–water partition coefficient (Wildman–Crippen LogP) is 2.41. The van der Waals surface area contributed by atoms with Crippen molar-refractivity contribution in [2.45, 2.75) is 12.8 Å². The van der Waals surface area contributed by atoms with Crippen LogP contribution in [0.15, 0.2) is 36.5 Å². The molecule has 18 heavy (non-hydrogen) atoms. The van der Waals surface area contributed by atoms with Crippen molar-refractivity contribution in [1.82, 2.24) is 4.98 Å². The summed E-state index contributed by atoms with van der Waals surface area (Å²) in [6.45, 7) is 1.98. The van der Waals surface area contributed by atoms with Gasteiger partial charge >= 0.3 is 5.97 Å². The van der Waals surface area contributed by atoms with E-state index in [1.54, 1.807) is 19.2 Å². The summed E-state index contributed by atoms with van der Waals surface area (Å²) >= 11 is 0. The number of ether oxygens (including phenoxy) is 1. The summed E-state index contributed by atoms with van der Waals surface area (Å²) < 4.78 is 4.92. The van der Waals surface area contributed by atoms with E-state index >= 15 is 0 Å². The molecule has 0 fully saturated rings. The number of nitrogens with zero attached hydrogens (tertiary/aromatic N) is 2. The van der Waals surface area contributed by atoms with Gasteiger partial charge in [-0.25, -0.2) is 0 Å². The third-order valence-corrected chi connectivity index (χ3v) is 2.65. The minimum absolute atomic E-state index is 0.264. The van der Waals surface area contributed by atoms with Crippen LogP contribution in [0.4, 0.5) is 0 Å². The minimum atomic E-state index is -0.905. The molecule has 0 aliphatic carbocycles. The Morgan fingerprint density at radius 2 is 2.22 bits per heavy atom. The highest BCUT2D eigenvalue weighted by molar-refractivity contribution is 5.90. The van der Waals surface area contributed by atoms with Crippen LogP contribution in [0.5, 0.6) is 0 Å². The Labute approximate surface area is 105 Å². The molecular weight excluding hydrogens is 228 g/mol. The summed E-state index contributed by atoms with van der Waals surface area (Å²) in [6.07, 6.45) is 1.60. The zero-order valence-corrected chi connectivity index (χ0v) is 9.96. The lowest BCUT2D eigenvalue weighted by Gasteiger charge is -2.10. The van der Waals surface area contributed by atoms with Crippen LogP contribution in [-0.2, 0) is 9.53 Å². The number of benzene rings is 1. The highest BCUT2D eigenvalue weighted by atomic mass is 16.5. The first-order valence-electron chi connectivity index (χ1n) is 5.67. The maximum atomic E-state index is 11.8. The van der Waals surface area contributed by atoms with Crippen molar-refractivity contribution in [3.05, 3.63) is 42.1 Å². The van der Waals surface area contributed by atoms with E-state index in [1.165, 1.54) is 0 Å². The molecule has 4 nitrogen and oxygen atoms in total. The second-order valence-corrected chi connectivity index (χ2v) is 3.73. The summed E-state index contributed by atoms with van der Waals surface area (Å²) in [7, 11) is 0. The number of pyridine rings is 1. The molecular formula is C14H12N2O2. The summed E-state index contributed by atoms with van der Waals surface area (Å²) in [5, 5.41) is 9.97. The van der Waals surface area contributed by atoms with Crippen LogP contribution in [0.1, 0.15) is 18.4 Å². The van der Waals surface area contributed by atoms with Gasteiger partial charge in [0, 0.05) is 11.6 Å². The number of fused-ring (bicyclic) bond motifs is 1. The molecule has 0 saturated carbocycles. The Balaban J connectivity index is 2.52. The maximum absolute atomic E-state index is 11.8. The van der Waals surface area contributed by atoms with Gasteiger partial charge in [0.25, 0.3) is 0 Å². The van der Waals surface area contributed by atoms with Gasteiger partial charge in [-0.15, -0.1) is 0 Å². The number of nitriles is 1. The van der Waals surface area contributed by atoms with Crippen molar-refractivity contribution < 1.29 is 9.53 Å². The standard InChI is InChI=1S/C14H12N2O2/c1-2-18-14(17)12(9-15)10-7-8-16-13-6-4-3-5-11(10)13/h3-8,12H,2H2,1H3. The molecule has 0 aliphatic rings. The molecule has 1 unspecified atom stereocenters. The third-order valence-electron chi connectivity index (χ3n) is 2.65. The number of carbonyl (C=O) groups is 1. The van der Waals surface area contributed by atoms with Crippen LogP contribution < -0.4 is 0 Å². The molecule has 1 aromatic heterocycles. The molecule has 0 saturated heterocycles. The first-order chi connectivity index (χ1) is 8.77. The van der Waals surface area contributed by atoms with Gasteiger partial charge in [0.2, 0.25) is 0 Å². The van der Waals surface area contributed by atoms with Gasteiger partial charge in [-0.1, -0.05) is 18.2 Å². The molecule has 0 bridgehead atoms. The van der Waals surface area contributed by atoms with Crippen LogP contribution in [0, 0.1) is 11.3 Å². The van der Waals surface area contributed by atoms with Crippen molar-refractivity contribution in [2.24, 2.45) is 0 Å². The zero-order chi connectivity index (χ0) is 13.0. The van der Waals surface area contributed by atoms with Gasteiger partial charge in [-0.2, -0.15) is 5.26 Å². The normalized spacial score (nSPS) is 11.8. The van der Waals surface area contributed by atoms with Crippen molar-refractivity contribution in [3.8, 4) is 6.07 Å². The lowest BCUT2D eigenvalue weighted by molar-refractivity contribution is -0.143. The molecule has 1 aromatic carbocycles. The lowest BCUT2D eigenvalue weighted by Crippen LogP contribution is -2.14. The van der Waals surface area contributed by atoms with Crippen LogP contribution in [0.25, 0.3) is 10.9 Å². The number of hydrogen-bond donors (Lipinski definition) is 0. The van der Waals surface area contributed by atoms with Gasteiger partial charge in [0.15, 0.2) is 5.92 Å². The van der Waals surface area contributed by atoms with E-state index in [0.717, 1.165) is 10.9 Å². The summed E-state index contributed by atoms with van der Waals surface area (Å²) in [5.41, 5.74) is 1.40. The van der Waals surface area contributed by atoms with Crippen LogP contribution in [-0.4, -0.2) is 17.6 Å². The molecule has 0 radical (unpaired) electrons. The number of esters is 1. The number of hydrogen-bond acceptors (Lipinski definition) is 4. The summed E-state index contributed by atoms with van der Waals surface area (Å²) in [4.78, 5) is 16.0. The summed E-state index contributed by atoms with van der Waals surface area (Å²) in [5.74, 6) is -1.42. The number of para-hydroxylation sites is 1. The van der Waals surface area contributed by atoms with Crippen LogP contribution in [0.3, 0.4) is 0 Å². The Kier molecular flexibility index (Phi) is 3.54. The Morgan fingerprint density at radius 3 is 2.94 bits per heavy atom. The Bertz CT molecular complexity index is 611. The van der Waals surface area contributed by atoms with E-state index in [-0.39, 0.29) is 6.61 Å². The van der Waals surface area contributed by atoms with E-state index in [4.69, 9.17) is 10.00 Å². The van der Waals surface area contributed by atoms with E-state index < -0.39 is 11.9 Å². The van der Waals surface area contributed by atoms with E-state index in [1.807, 2.05) is 30.3 Å².